The van der Waals surface area contributed by atoms with Crippen LogP contribution in [0.4, 0.5) is 0 Å². The van der Waals surface area contributed by atoms with Gasteiger partial charge >= 0.3 is 5.97 Å². The van der Waals surface area contributed by atoms with Crippen molar-refractivity contribution in [2.45, 2.75) is 46.5 Å². The van der Waals surface area contributed by atoms with Crippen molar-refractivity contribution < 1.29 is 9.90 Å². The van der Waals surface area contributed by atoms with E-state index in [1.54, 1.807) is 6.92 Å². The van der Waals surface area contributed by atoms with Gasteiger partial charge in [0.25, 0.3) is 0 Å². The molecule has 0 aliphatic rings. The second-order valence-electron chi connectivity index (χ2n) is 4.25. The molecule has 0 aromatic carbocycles. The van der Waals surface area contributed by atoms with Gasteiger partial charge in [0, 0.05) is 6.54 Å². The van der Waals surface area contributed by atoms with Crippen LogP contribution in [-0.2, 0) is 4.79 Å². The quantitative estimate of drug-likeness (QED) is 0.642. The minimum atomic E-state index is -0.687. The molecule has 90 valence electrons. The molecule has 3 heteroatoms. The third-order valence-corrected chi connectivity index (χ3v) is 2.61. The average Bonchev–Trinajstić information content (AvgIpc) is 2.21. The molecule has 0 saturated heterocycles. The van der Waals surface area contributed by atoms with E-state index in [1.165, 1.54) is 12.8 Å². The number of carboxylic acids is 1. The smallest absolute Gasteiger partial charge is 0.307 e. The van der Waals surface area contributed by atoms with Gasteiger partial charge in [0.05, 0.1) is 5.92 Å². The number of unbranched alkanes of at least 4 members (excludes halogenated alkanes) is 2. The fraction of sp³-hybridized carbons (Fsp3) is 0.917. The highest BCUT2D eigenvalue weighted by molar-refractivity contribution is 5.69. The van der Waals surface area contributed by atoms with Gasteiger partial charge in [-0.25, -0.2) is 0 Å². The molecule has 1 unspecified atom stereocenters. The molecule has 0 saturated carbocycles. The van der Waals surface area contributed by atoms with Crippen LogP contribution in [0.5, 0.6) is 0 Å². The van der Waals surface area contributed by atoms with Gasteiger partial charge in [0.1, 0.15) is 0 Å². The van der Waals surface area contributed by atoms with Crippen molar-refractivity contribution in [3.05, 3.63) is 0 Å². The second-order valence-corrected chi connectivity index (χ2v) is 4.25. The van der Waals surface area contributed by atoms with E-state index in [0.29, 0.717) is 6.54 Å². The van der Waals surface area contributed by atoms with Crippen molar-refractivity contribution in [1.29, 1.82) is 0 Å². The zero-order valence-electron chi connectivity index (χ0n) is 10.3. The van der Waals surface area contributed by atoms with Crippen LogP contribution < -0.4 is 0 Å². The Balaban J connectivity index is 3.92. The number of rotatable bonds is 9. The molecule has 0 radical (unpaired) electrons. The number of hydrogen-bond acceptors (Lipinski definition) is 2. The molecule has 15 heavy (non-hydrogen) atoms. The van der Waals surface area contributed by atoms with E-state index in [4.69, 9.17) is 5.11 Å². The summed E-state index contributed by atoms with van der Waals surface area (Å²) in [5.74, 6) is -0.938. The molecule has 0 heterocycles. The summed E-state index contributed by atoms with van der Waals surface area (Å²) in [5.41, 5.74) is 0. The van der Waals surface area contributed by atoms with Crippen molar-refractivity contribution in [3.63, 3.8) is 0 Å². The lowest BCUT2D eigenvalue weighted by Gasteiger charge is -2.23. The van der Waals surface area contributed by atoms with E-state index >= 15 is 0 Å². The normalized spacial score (nSPS) is 13.1. The largest absolute Gasteiger partial charge is 0.481 e. The van der Waals surface area contributed by atoms with Crippen molar-refractivity contribution in [2.75, 3.05) is 19.6 Å². The highest BCUT2D eigenvalue weighted by Crippen LogP contribution is 2.04. The Labute approximate surface area is 93.5 Å². The van der Waals surface area contributed by atoms with E-state index < -0.39 is 5.97 Å². The summed E-state index contributed by atoms with van der Waals surface area (Å²) in [6.45, 7) is 8.88. The topological polar surface area (TPSA) is 40.5 Å². The van der Waals surface area contributed by atoms with Gasteiger partial charge in [0.2, 0.25) is 0 Å². The van der Waals surface area contributed by atoms with Gasteiger partial charge in [-0.3, -0.25) is 4.79 Å². The number of aliphatic carboxylic acids is 1. The molecule has 3 nitrogen and oxygen atoms in total. The van der Waals surface area contributed by atoms with E-state index in [2.05, 4.69) is 18.7 Å². The van der Waals surface area contributed by atoms with Crippen LogP contribution in [-0.4, -0.2) is 35.6 Å². The highest BCUT2D eigenvalue weighted by atomic mass is 16.4. The van der Waals surface area contributed by atoms with Crippen LogP contribution in [0.1, 0.15) is 46.5 Å². The SMILES string of the molecule is CCCCN(CCCC)CC(C)C(=O)O. The zero-order chi connectivity index (χ0) is 11.7. The van der Waals surface area contributed by atoms with Crippen LogP contribution in [0.15, 0.2) is 0 Å². The van der Waals surface area contributed by atoms with Crippen molar-refractivity contribution in [1.82, 2.24) is 4.90 Å². The lowest BCUT2D eigenvalue weighted by atomic mass is 10.1. The summed E-state index contributed by atoms with van der Waals surface area (Å²) >= 11 is 0. The van der Waals surface area contributed by atoms with E-state index in [-0.39, 0.29) is 5.92 Å². The second kappa shape index (κ2) is 8.72. The predicted octanol–water partition coefficient (Wildman–Crippen LogP) is 2.61. The molecular formula is C12H25NO2. The van der Waals surface area contributed by atoms with Gasteiger partial charge < -0.3 is 10.0 Å². The molecule has 1 N–H and O–H groups in total. The molecule has 1 atom stereocenters. The summed E-state index contributed by atoms with van der Waals surface area (Å²) in [6.07, 6.45) is 4.67. The number of hydrogen-bond donors (Lipinski definition) is 1. The van der Waals surface area contributed by atoms with Crippen LogP contribution in [0.3, 0.4) is 0 Å². The maximum Gasteiger partial charge on any atom is 0.307 e. The molecule has 0 fully saturated rings. The maximum absolute atomic E-state index is 10.8. The van der Waals surface area contributed by atoms with Crippen molar-refractivity contribution in [2.24, 2.45) is 5.92 Å². The third-order valence-electron chi connectivity index (χ3n) is 2.61. The van der Waals surface area contributed by atoms with Crippen LogP contribution in [0, 0.1) is 5.92 Å². The fourth-order valence-electron chi connectivity index (χ4n) is 1.52. The summed E-state index contributed by atoms with van der Waals surface area (Å²) in [7, 11) is 0. The summed E-state index contributed by atoms with van der Waals surface area (Å²) in [4.78, 5) is 13.0. The first-order valence-electron chi connectivity index (χ1n) is 6.06. The molecule has 0 rings (SSSR count). The first-order valence-corrected chi connectivity index (χ1v) is 6.06. The van der Waals surface area contributed by atoms with Crippen LogP contribution in [0.25, 0.3) is 0 Å². The summed E-state index contributed by atoms with van der Waals surface area (Å²) in [6, 6.07) is 0. The Morgan fingerprint density at radius 1 is 1.20 bits per heavy atom. The molecule has 0 bridgehead atoms. The molecule has 0 aromatic rings. The Morgan fingerprint density at radius 3 is 2.00 bits per heavy atom. The number of nitrogens with zero attached hydrogens (tertiary/aromatic N) is 1. The Kier molecular flexibility index (Phi) is 8.38. The predicted molar refractivity (Wildman–Crippen MR) is 63.1 cm³/mol. The van der Waals surface area contributed by atoms with Gasteiger partial charge in [-0.15, -0.1) is 0 Å². The molecular weight excluding hydrogens is 190 g/mol. The third kappa shape index (κ3) is 7.37. The zero-order valence-corrected chi connectivity index (χ0v) is 10.3. The monoisotopic (exact) mass is 215 g/mol. The van der Waals surface area contributed by atoms with Gasteiger partial charge in [-0.05, 0) is 25.9 Å². The summed E-state index contributed by atoms with van der Waals surface area (Å²) in [5, 5.41) is 8.86. The van der Waals surface area contributed by atoms with Crippen LogP contribution in [0.2, 0.25) is 0 Å². The first kappa shape index (κ1) is 14.4. The Bertz CT molecular complexity index is 163. The molecule has 0 aliphatic carbocycles. The Morgan fingerprint density at radius 2 is 1.67 bits per heavy atom. The lowest BCUT2D eigenvalue weighted by molar-refractivity contribution is -0.141. The van der Waals surface area contributed by atoms with Crippen molar-refractivity contribution in [3.8, 4) is 0 Å². The molecule has 0 aromatic heterocycles. The fourth-order valence-corrected chi connectivity index (χ4v) is 1.52. The maximum atomic E-state index is 10.8. The number of carboxylic acid groups (broad SMARTS) is 1. The minimum absolute atomic E-state index is 0.251. The lowest BCUT2D eigenvalue weighted by Crippen LogP contribution is -2.33. The van der Waals surface area contributed by atoms with E-state index in [0.717, 1.165) is 25.9 Å². The van der Waals surface area contributed by atoms with Crippen molar-refractivity contribution >= 4 is 5.97 Å². The average molecular weight is 215 g/mol. The van der Waals surface area contributed by atoms with Crippen LogP contribution >= 0.6 is 0 Å². The van der Waals surface area contributed by atoms with Gasteiger partial charge in [0.15, 0.2) is 0 Å². The molecule has 0 aliphatic heterocycles. The molecule has 0 amide bonds. The first-order chi connectivity index (χ1) is 7.11. The summed E-state index contributed by atoms with van der Waals surface area (Å²) < 4.78 is 0. The standard InChI is InChI=1S/C12H25NO2/c1-4-6-8-13(9-7-5-2)10-11(3)12(14)15/h11H,4-10H2,1-3H3,(H,14,15). The Hall–Kier alpha value is -0.570. The minimum Gasteiger partial charge on any atom is -0.481 e. The van der Waals surface area contributed by atoms with E-state index in [1.807, 2.05) is 0 Å². The van der Waals surface area contributed by atoms with E-state index in [9.17, 15) is 4.79 Å². The van der Waals surface area contributed by atoms with Gasteiger partial charge in [-0.1, -0.05) is 33.6 Å². The number of carbonyl (C=O) groups is 1. The highest BCUT2D eigenvalue weighted by Gasteiger charge is 2.15. The molecule has 0 spiro atoms. The van der Waals surface area contributed by atoms with Gasteiger partial charge in [-0.2, -0.15) is 0 Å².